The number of rotatable bonds is 5. The van der Waals surface area contributed by atoms with Gasteiger partial charge in [0, 0.05) is 0 Å². The minimum atomic E-state index is -3.18. The Bertz CT molecular complexity index is 734. The highest BCUT2D eigenvalue weighted by molar-refractivity contribution is 5.23. The minimum Gasteiger partial charge on any atom is -0.317 e. The molecule has 6 heteroatoms. The lowest BCUT2D eigenvalue weighted by molar-refractivity contribution is -0.301. The first-order chi connectivity index (χ1) is 15.2. The molecule has 3 saturated carbocycles. The van der Waals surface area contributed by atoms with E-state index in [1.165, 1.54) is 25.7 Å². The van der Waals surface area contributed by atoms with Gasteiger partial charge in [0.15, 0.2) is 17.5 Å². The highest BCUT2D eigenvalue weighted by Crippen LogP contribution is 2.46. The third kappa shape index (κ3) is 5.48. The summed E-state index contributed by atoms with van der Waals surface area (Å²) in [6, 6.07) is 1.98. The third-order valence-electron chi connectivity index (χ3n) is 8.45. The molecule has 1 nitrogen and oxygen atoms in total. The molecule has 4 rings (SSSR count). The Labute approximate surface area is 188 Å². The molecule has 3 aliphatic rings. The fourth-order valence-electron chi connectivity index (χ4n) is 6.33. The lowest BCUT2D eigenvalue weighted by Crippen LogP contribution is -2.39. The van der Waals surface area contributed by atoms with Crippen LogP contribution in [0.3, 0.4) is 0 Å². The van der Waals surface area contributed by atoms with Crippen LogP contribution in [0.15, 0.2) is 12.1 Å². The molecule has 0 aromatic heterocycles. The Hall–Kier alpha value is -1.17. The van der Waals surface area contributed by atoms with Gasteiger partial charge in [0.05, 0.1) is 12.0 Å². The van der Waals surface area contributed by atoms with Crippen molar-refractivity contribution in [3.05, 3.63) is 35.1 Å². The van der Waals surface area contributed by atoms with E-state index in [9.17, 15) is 22.0 Å². The average Bonchev–Trinajstić information content (AvgIpc) is 2.78. The molecule has 32 heavy (non-hydrogen) atoms. The van der Waals surface area contributed by atoms with Gasteiger partial charge >= 0.3 is 6.11 Å². The van der Waals surface area contributed by atoms with Crippen LogP contribution in [-0.2, 0) is 4.74 Å². The number of halogens is 5. The molecule has 0 saturated heterocycles. The summed E-state index contributed by atoms with van der Waals surface area (Å²) in [7, 11) is 0. The Morgan fingerprint density at radius 1 is 0.719 bits per heavy atom. The second kappa shape index (κ2) is 9.99. The molecule has 180 valence electrons. The van der Waals surface area contributed by atoms with Crippen molar-refractivity contribution in [3.63, 3.8) is 0 Å². The van der Waals surface area contributed by atoms with Gasteiger partial charge in [-0.25, -0.2) is 13.2 Å². The quantitative estimate of drug-likeness (QED) is 0.318. The van der Waals surface area contributed by atoms with E-state index in [1.54, 1.807) is 0 Å². The topological polar surface area (TPSA) is 9.23 Å². The summed E-state index contributed by atoms with van der Waals surface area (Å²) in [4.78, 5) is 0. The SMILES string of the molecule is CC1CCC(C2CCC(OC(F)(F)C3CCC(c4cc(F)c(F)c(F)c4)CC3)CC2)CC1. The van der Waals surface area contributed by atoms with Gasteiger partial charge in [-0.3, -0.25) is 0 Å². The van der Waals surface area contributed by atoms with Crippen molar-refractivity contribution >= 4 is 0 Å². The lowest BCUT2D eigenvalue weighted by Gasteiger charge is -2.39. The van der Waals surface area contributed by atoms with Crippen LogP contribution in [0.25, 0.3) is 0 Å². The van der Waals surface area contributed by atoms with E-state index in [0.717, 1.165) is 36.8 Å². The van der Waals surface area contributed by atoms with Gasteiger partial charge in [-0.1, -0.05) is 19.8 Å². The van der Waals surface area contributed by atoms with Gasteiger partial charge in [-0.2, -0.15) is 8.78 Å². The largest absolute Gasteiger partial charge is 0.358 e. The maximum Gasteiger partial charge on any atom is 0.358 e. The minimum absolute atomic E-state index is 0.230. The second-order valence-corrected chi connectivity index (χ2v) is 10.6. The predicted molar refractivity (Wildman–Crippen MR) is 114 cm³/mol. The fourth-order valence-corrected chi connectivity index (χ4v) is 6.33. The molecule has 3 fully saturated rings. The van der Waals surface area contributed by atoms with E-state index in [1.807, 2.05) is 0 Å². The zero-order chi connectivity index (χ0) is 22.9. The molecule has 0 spiro atoms. The van der Waals surface area contributed by atoms with Gasteiger partial charge in [0.2, 0.25) is 0 Å². The van der Waals surface area contributed by atoms with Crippen molar-refractivity contribution in [2.45, 2.75) is 102 Å². The van der Waals surface area contributed by atoms with Crippen LogP contribution in [0, 0.1) is 41.1 Å². The third-order valence-corrected chi connectivity index (χ3v) is 8.45. The van der Waals surface area contributed by atoms with Crippen LogP contribution in [-0.4, -0.2) is 12.2 Å². The van der Waals surface area contributed by atoms with Gasteiger partial charge in [0.1, 0.15) is 0 Å². The molecule has 0 aliphatic heterocycles. The van der Waals surface area contributed by atoms with Crippen molar-refractivity contribution in [1.82, 2.24) is 0 Å². The van der Waals surface area contributed by atoms with E-state index >= 15 is 0 Å². The summed E-state index contributed by atoms with van der Waals surface area (Å²) >= 11 is 0. The molecule has 0 N–H and O–H groups in total. The first kappa shape index (κ1) is 24.0. The fraction of sp³-hybridized carbons (Fsp3) is 0.769. The van der Waals surface area contributed by atoms with Gasteiger partial charge in [0.25, 0.3) is 0 Å². The summed E-state index contributed by atoms with van der Waals surface area (Å²) < 4.78 is 75.4. The van der Waals surface area contributed by atoms with Crippen molar-refractivity contribution < 1.29 is 26.7 Å². The molecule has 1 aromatic rings. The molecule has 0 amide bonds. The van der Waals surface area contributed by atoms with Gasteiger partial charge < -0.3 is 4.74 Å². The van der Waals surface area contributed by atoms with Crippen molar-refractivity contribution in [2.75, 3.05) is 0 Å². The molecular weight excluding hydrogens is 423 g/mol. The highest BCUT2D eigenvalue weighted by atomic mass is 19.3. The number of hydrogen-bond acceptors (Lipinski definition) is 1. The Morgan fingerprint density at radius 2 is 1.22 bits per heavy atom. The summed E-state index contributed by atoms with van der Waals surface area (Å²) in [5.41, 5.74) is 0.347. The molecule has 0 radical (unpaired) electrons. The Kier molecular flexibility index (Phi) is 7.48. The molecule has 1 aromatic carbocycles. The number of hydrogen-bond donors (Lipinski definition) is 0. The van der Waals surface area contributed by atoms with E-state index in [2.05, 4.69) is 6.92 Å². The van der Waals surface area contributed by atoms with Crippen LogP contribution in [0.5, 0.6) is 0 Å². The summed E-state index contributed by atoms with van der Waals surface area (Å²) in [5.74, 6) is -2.84. The number of ether oxygens (including phenoxy) is 1. The van der Waals surface area contributed by atoms with Crippen LogP contribution < -0.4 is 0 Å². The van der Waals surface area contributed by atoms with Crippen LogP contribution >= 0.6 is 0 Å². The molecular formula is C26H35F5O. The highest BCUT2D eigenvalue weighted by Gasteiger charge is 2.45. The number of alkyl halides is 2. The lowest BCUT2D eigenvalue weighted by atomic mass is 9.71. The van der Waals surface area contributed by atoms with Crippen LogP contribution in [0.2, 0.25) is 0 Å². The van der Waals surface area contributed by atoms with Crippen LogP contribution in [0.4, 0.5) is 22.0 Å². The maximum absolute atomic E-state index is 14.9. The summed E-state index contributed by atoms with van der Waals surface area (Å²) in [6.45, 7) is 2.31. The molecule has 0 unspecified atom stereocenters. The van der Waals surface area contributed by atoms with E-state index < -0.39 is 29.5 Å². The normalized spacial score (nSPS) is 34.4. The van der Waals surface area contributed by atoms with Crippen molar-refractivity contribution in [3.8, 4) is 0 Å². The zero-order valence-electron chi connectivity index (χ0n) is 18.9. The van der Waals surface area contributed by atoms with Crippen molar-refractivity contribution in [1.29, 1.82) is 0 Å². The molecule has 0 heterocycles. The molecule has 0 atom stereocenters. The number of benzene rings is 1. The summed E-state index contributed by atoms with van der Waals surface area (Å²) in [5, 5.41) is 0. The monoisotopic (exact) mass is 458 g/mol. The molecule has 3 aliphatic carbocycles. The van der Waals surface area contributed by atoms with E-state index in [-0.39, 0.29) is 24.9 Å². The van der Waals surface area contributed by atoms with Gasteiger partial charge in [-0.05, 0) is 106 Å². The Balaban J connectivity index is 1.25. The standard InChI is InChI=1S/C26H35F5O/c1-16-2-4-17(5-3-16)18-8-12-22(13-9-18)32-26(30,31)21-10-6-19(7-11-21)20-14-23(27)25(29)24(28)15-20/h14-19,21-22H,2-13H2,1H3. The molecule has 0 bridgehead atoms. The zero-order valence-corrected chi connectivity index (χ0v) is 18.9. The first-order valence-corrected chi connectivity index (χ1v) is 12.4. The van der Waals surface area contributed by atoms with Crippen LogP contribution in [0.1, 0.15) is 95.5 Å². The van der Waals surface area contributed by atoms with Gasteiger partial charge in [-0.15, -0.1) is 0 Å². The average molecular weight is 459 g/mol. The van der Waals surface area contributed by atoms with E-state index in [0.29, 0.717) is 37.2 Å². The van der Waals surface area contributed by atoms with Crippen molar-refractivity contribution in [2.24, 2.45) is 23.7 Å². The van der Waals surface area contributed by atoms with E-state index in [4.69, 9.17) is 4.74 Å². The Morgan fingerprint density at radius 3 is 1.75 bits per heavy atom. The predicted octanol–water partition coefficient (Wildman–Crippen LogP) is 8.37. The summed E-state index contributed by atoms with van der Waals surface area (Å²) in [6.07, 6.45) is 6.18. The first-order valence-electron chi connectivity index (χ1n) is 12.4. The second-order valence-electron chi connectivity index (χ2n) is 10.6. The smallest absolute Gasteiger partial charge is 0.317 e. The maximum atomic E-state index is 14.9.